The van der Waals surface area contributed by atoms with E-state index >= 15 is 0 Å². The zero-order valence-electron chi connectivity index (χ0n) is 11.9. The fourth-order valence-corrected chi connectivity index (χ4v) is 2.29. The predicted octanol–water partition coefficient (Wildman–Crippen LogP) is 2.43. The third-order valence-electron chi connectivity index (χ3n) is 3.74. The van der Waals surface area contributed by atoms with Gasteiger partial charge in [-0.15, -0.1) is 0 Å². The number of nitrogens with zero attached hydrogens (tertiary/aromatic N) is 1. The van der Waals surface area contributed by atoms with E-state index in [1.54, 1.807) is 0 Å². The molecule has 100 valence electrons. The lowest BCUT2D eigenvalue weighted by Gasteiger charge is -2.41. The number of rotatable bonds is 2. The molecule has 1 aliphatic rings. The largest absolute Gasteiger partial charge is 0.389 e. The van der Waals surface area contributed by atoms with Gasteiger partial charge in [0.2, 0.25) is 5.91 Å². The highest BCUT2D eigenvalue weighted by Gasteiger charge is 2.36. The van der Waals surface area contributed by atoms with Crippen LogP contribution in [0, 0.1) is 11.3 Å². The van der Waals surface area contributed by atoms with Crippen molar-refractivity contribution in [2.75, 3.05) is 13.1 Å². The van der Waals surface area contributed by atoms with Crippen LogP contribution in [0.4, 0.5) is 0 Å². The summed E-state index contributed by atoms with van der Waals surface area (Å²) in [5.41, 5.74) is -0.526. The van der Waals surface area contributed by atoms with Gasteiger partial charge in [0.15, 0.2) is 0 Å². The Morgan fingerprint density at radius 1 is 1.29 bits per heavy atom. The fraction of sp³-hybridized carbons (Fsp3) is 0.929. The van der Waals surface area contributed by atoms with Crippen molar-refractivity contribution in [3.63, 3.8) is 0 Å². The van der Waals surface area contributed by atoms with Crippen LogP contribution in [-0.4, -0.2) is 34.6 Å². The zero-order chi connectivity index (χ0) is 13.3. The van der Waals surface area contributed by atoms with E-state index in [0.29, 0.717) is 32.4 Å². The van der Waals surface area contributed by atoms with Crippen LogP contribution >= 0.6 is 0 Å². The standard InChI is InChI=1S/C14H27NO2/c1-11(2)14(17)6-8-15(9-7-14)12(16)10-13(3,4)5/h11,17H,6-10H2,1-5H3. The Labute approximate surface area is 105 Å². The Balaban J connectivity index is 2.50. The van der Waals surface area contributed by atoms with Gasteiger partial charge >= 0.3 is 0 Å². The summed E-state index contributed by atoms with van der Waals surface area (Å²) in [7, 11) is 0. The van der Waals surface area contributed by atoms with Crippen LogP contribution in [0.15, 0.2) is 0 Å². The van der Waals surface area contributed by atoms with Gasteiger partial charge in [-0.05, 0) is 24.2 Å². The summed E-state index contributed by atoms with van der Waals surface area (Å²) < 4.78 is 0. The summed E-state index contributed by atoms with van der Waals surface area (Å²) in [6.45, 7) is 11.7. The van der Waals surface area contributed by atoms with Crippen LogP contribution in [0.5, 0.6) is 0 Å². The fourth-order valence-electron chi connectivity index (χ4n) is 2.29. The smallest absolute Gasteiger partial charge is 0.223 e. The summed E-state index contributed by atoms with van der Waals surface area (Å²) in [4.78, 5) is 13.9. The maximum Gasteiger partial charge on any atom is 0.223 e. The van der Waals surface area contributed by atoms with Crippen molar-refractivity contribution in [1.82, 2.24) is 4.90 Å². The summed E-state index contributed by atoms with van der Waals surface area (Å²) in [6.07, 6.45) is 2.01. The Hall–Kier alpha value is -0.570. The number of hydrogen-bond acceptors (Lipinski definition) is 2. The number of carbonyl (C=O) groups is 1. The first kappa shape index (κ1) is 14.5. The van der Waals surface area contributed by atoms with E-state index in [4.69, 9.17) is 0 Å². The normalized spacial score (nSPS) is 20.8. The van der Waals surface area contributed by atoms with Crippen LogP contribution in [0.25, 0.3) is 0 Å². The van der Waals surface area contributed by atoms with E-state index in [-0.39, 0.29) is 17.2 Å². The van der Waals surface area contributed by atoms with Gasteiger partial charge < -0.3 is 10.0 Å². The van der Waals surface area contributed by atoms with E-state index in [2.05, 4.69) is 20.8 Å². The summed E-state index contributed by atoms with van der Waals surface area (Å²) >= 11 is 0. The lowest BCUT2D eigenvalue weighted by Crippen LogP contribution is -2.49. The molecule has 0 aliphatic carbocycles. The molecule has 1 amide bonds. The molecular formula is C14H27NO2. The van der Waals surface area contributed by atoms with Crippen molar-refractivity contribution in [2.24, 2.45) is 11.3 Å². The van der Waals surface area contributed by atoms with E-state index in [0.717, 1.165) is 0 Å². The maximum atomic E-state index is 12.0. The van der Waals surface area contributed by atoms with Gasteiger partial charge in [-0.2, -0.15) is 0 Å². The lowest BCUT2D eigenvalue weighted by atomic mass is 9.81. The van der Waals surface area contributed by atoms with Gasteiger partial charge in [0.1, 0.15) is 0 Å². The van der Waals surface area contributed by atoms with Gasteiger partial charge in [0.05, 0.1) is 5.60 Å². The molecule has 3 nitrogen and oxygen atoms in total. The van der Waals surface area contributed by atoms with Gasteiger partial charge in [-0.3, -0.25) is 4.79 Å². The van der Waals surface area contributed by atoms with Crippen LogP contribution in [0.3, 0.4) is 0 Å². The van der Waals surface area contributed by atoms with E-state index in [1.807, 2.05) is 18.7 Å². The zero-order valence-corrected chi connectivity index (χ0v) is 11.9. The number of carbonyl (C=O) groups excluding carboxylic acids is 1. The molecule has 1 fully saturated rings. The van der Waals surface area contributed by atoms with Crippen molar-refractivity contribution in [1.29, 1.82) is 0 Å². The Bertz CT molecular complexity index is 270. The minimum absolute atomic E-state index is 0.0445. The van der Waals surface area contributed by atoms with Crippen molar-refractivity contribution in [2.45, 2.75) is 59.5 Å². The Kier molecular flexibility index (Phi) is 4.23. The number of likely N-dealkylation sites (tertiary alicyclic amines) is 1. The molecular weight excluding hydrogens is 214 g/mol. The van der Waals surface area contributed by atoms with Crippen LogP contribution in [-0.2, 0) is 4.79 Å². The molecule has 0 bridgehead atoms. The van der Waals surface area contributed by atoms with Crippen LogP contribution in [0.1, 0.15) is 53.9 Å². The first-order valence-electron chi connectivity index (χ1n) is 6.64. The molecule has 0 radical (unpaired) electrons. The van der Waals surface area contributed by atoms with E-state index < -0.39 is 5.60 Å². The molecule has 1 aliphatic heterocycles. The molecule has 0 spiro atoms. The van der Waals surface area contributed by atoms with Crippen LogP contribution in [0.2, 0.25) is 0 Å². The summed E-state index contributed by atoms with van der Waals surface area (Å²) in [5, 5.41) is 10.3. The van der Waals surface area contributed by atoms with Crippen molar-refractivity contribution in [3.8, 4) is 0 Å². The minimum Gasteiger partial charge on any atom is -0.389 e. The van der Waals surface area contributed by atoms with Gasteiger partial charge in [-0.25, -0.2) is 0 Å². The van der Waals surface area contributed by atoms with Crippen molar-refractivity contribution < 1.29 is 9.90 Å². The number of amides is 1. The molecule has 1 N–H and O–H groups in total. The Morgan fingerprint density at radius 3 is 2.12 bits per heavy atom. The molecule has 1 heterocycles. The average Bonchev–Trinajstić information content (AvgIpc) is 2.15. The molecule has 0 aromatic carbocycles. The van der Waals surface area contributed by atoms with Crippen LogP contribution < -0.4 is 0 Å². The first-order valence-corrected chi connectivity index (χ1v) is 6.64. The molecule has 0 aromatic rings. The molecule has 1 saturated heterocycles. The molecule has 1 rings (SSSR count). The molecule has 0 saturated carbocycles. The first-order chi connectivity index (χ1) is 7.64. The Morgan fingerprint density at radius 2 is 1.76 bits per heavy atom. The van der Waals surface area contributed by atoms with Gasteiger partial charge in [0, 0.05) is 19.5 Å². The number of hydrogen-bond donors (Lipinski definition) is 1. The third kappa shape index (κ3) is 3.98. The van der Waals surface area contributed by atoms with E-state index in [1.165, 1.54) is 0 Å². The van der Waals surface area contributed by atoms with E-state index in [9.17, 15) is 9.90 Å². The maximum absolute atomic E-state index is 12.0. The molecule has 3 heteroatoms. The highest BCUT2D eigenvalue weighted by Crippen LogP contribution is 2.30. The summed E-state index contributed by atoms with van der Waals surface area (Å²) in [6, 6.07) is 0. The van der Waals surface area contributed by atoms with Gasteiger partial charge in [-0.1, -0.05) is 34.6 Å². The third-order valence-corrected chi connectivity index (χ3v) is 3.74. The SMILES string of the molecule is CC(C)C1(O)CCN(C(=O)CC(C)(C)C)CC1. The topological polar surface area (TPSA) is 40.5 Å². The minimum atomic E-state index is -0.571. The highest BCUT2D eigenvalue weighted by atomic mass is 16.3. The second-order valence-corrected chi connectivity index (χ2v) is 6.88. The molecule has 0 unspecified atom stereocenters. The second-order valence-electron chi connectivity index (χ2n) is 6.88. The second kappa shape index (κ2) is 4.97. The number of piperidine rings is 1. The number of aliphatic hydroxyl groups is 1. The average molecular weight is 241 g/mol. The molecule has 0 atom stereocenters. The van der Waals surface area contributed by atoms with Crippen molar-refractivity contribution >= 4 is 5.91 Å². The summed E-state index contributed by atoms with van der Waals surface area (Å²) in [5.74, 6) is 0.491. The molecule has 0 aromatic heterocycles. The predicted molar refractivity (Wildman–Crippen MR) is 69.7 cm³/mol. The van der Waals surface area contributed by atoms with Gasteiger partial charge in [0.25, 0.3) is 0 Å². The monoisotopic (exact) mass is 241 g/mol. The van der Waals surface area contributed by atoms with Crippen molar-refractivity contribution in [3.05, 3.63) is 0 Å². The lowest BCUT2D eigenvalue weighted by molar-refractivity contribution is -0.138. The highest BCUT2D eigenvalue weighted by molar-refractivity contribution is 5.76. The molecule has 17 heavy (non-hydrogen) atoms. The quantitative estimate of drug-likeness (QED) is 0.806.